The van der Waals surface area contributed by atoms with E-state index >= 15 is 0 Å². The number of rotatable bonds is 7. The zero-order valence-corrected chi connectivity index (χ0v) is 26.4. The third kappa shape index (κ3) is 7.91. The van der Waals surface area contributed by atoms with E-state index in [0.717, 1.165) is 22.5 Å². The van der Waals surface area contributed by atoms with E-state index in [9.17, 15) is 40.3 Å². The van der Waals surface area contributed by atoms with Crippen molar-refractivity contribution in [3.63, 3.8) is 0 Å². The summed E-state index contributed by atoms with van der Waals surface area (Å²) in [5.74, 6) is -1.78. The molecular weight excluding hydrogens is 629 g/mol. The van der Waals surface area contributed by atoms with E-state index in [0.29, 0.717) is 47.4 Å². The van der Waals surface area contributed by atoms with E-state index in [4.69, 9.17) is 4.74 Å². The Hall–Kier alpha value is -4.48. The average molecular weight is 663 g/mol. The Kier molecular flexibility index (Phi) is 10.0. The lowest BCUT2D eigenvalue weighted by molar-refractivity contribution is -0.143. The molecule has 0 spiro atoms. The maximum Gasteiger partial charge on any atom is 0.416 e. The lowest BCUT2D eigenvalue weighted by Gasteiger charge is -2.32. The van der Waals surface area contributed by atoms with Crippen LogP contribution in [0.3, 0.4) is 0 Å². The monoisotopic (exact) mass is 662 g/mol. The fraction of sp³-hybridized carbons (Fsp3) is 0.343. The number of anilines is 1. The quantitative estimate of drug-likeness (QED) is 0.144. The normalized spacial score (nSPS) is 15.0. The number of alkyl halides is 6. The number of carbonyl (C=O) groups excluding carboxylic acids is 2. The lowest BCUT2D eigenvalue weighted by atomic mass is 9.81. The SMILES string of the molecule is CCOC(=O)/C=C1\C=C(c2cc(-c3ccc(F)cc3C)c(N(C)C(=O)C(C)(C)c3cc(C(F)(F)F)cc(C(F)(F)F)c3)cn2)CCC1. The molecule has 0 atom stereocenters. The standard InChI is InChI=1S/C35H33F7N2O3/c1-6-47-31(45)14-21-8-7-9-22(13-21)29-18-28(27-11-10-26(36)12-20(27)2)30(19-43-29)44(5)32(46)33(3,4)23-15-24(34(37,38)39)17-25(16-23)35(40,41)42/h10-19H,6-9H2,1-5H3/b21-14-. The van der Waals surface area contributed by atoms with E-state index < -0.39 is 52.2 Å². The molecule has 250 valence electrons. The van der Waals surface area contributed by atoms with Gasteiger partial charge in [-0.05, 0) is 111 Å². The van der Waals surface area contributed by atoms with Crippen LogP contribution in [0.2, 0.25) is 0 Å². The van der Waals surface area contributed by atoms with Crippen molar-refractivity contribution in [2.24, 2.45) is 0 Å². The fourth-order valence-corrected chi connectivity index (χ4v) is 5.51. The third-order valence-corrected chi connectivity index (χ3v) is 8.06. The van der Waals surface area contributed by atoms with Crippen molar-refractivity contribution in [2.45, 2.75) is 64.7 Å². The van der Waals surface area contributed by atoms with Crippen LogP contribution in [0.1, 0.15) is 68.0 Å². The molecule has 47 heavy (non-hydrogen) atoms. The summed E-state index contributed by atoms with van der Waals surface area (Å²) in [5, 5.41) is 0. The summed E-state index contributed by atoms with van der Waals surface area (Å²) in [5.41, 5.74) is -1.69. The van der Waals surface area contributed by atoms with Gasteiger partial charge < -0.3 is 9.64 Å². The molecule has 1 aromatic heterocycles. The molecule has 1 amide bonds. The van der Waals surface area contributed by atoms with E-state index in [2.05, 4.69) is 4.98 Å². The van der Waals surface area contributed by atoms with Crippen LogP contribution in [0.15, 0.2) is 66.4 Å². The molecule has 1 heterocycles. The van der Waals surface area contributed by atoms with Gasteiger partial charge in [-0.1, -0.05) is 12.1 Å². The zero-order chi connectivity index (χ0) is 34.9. The molecule has 0 N–H and O–H groups in total. The van der Waals surface area contributed by atoms with Crippen molar-refractivity contribution in [3.8, 4) is 11.1 Å². The lowest BCUT2D eigenvalue weighted by Crippen LogP contribution is -2.42. The van der Waals surface area contributed by atoms with Crippen LogP contribution >= 0.6 is 0 Å². The van der Waals surface area contributed by atoms with Gasteiger partial charge in [-0.15, -0.1) is 0 Å². The molecule has 5 nitrogen and oxygen atoms in total. The number of hydrogen-bond donors (Lipinski definition) is 0. The maximum atomic E-state index is 14.1. The predicted octanol–water partition coefficient (Wildman–Crippen LogP) is 9.23. The van der Waals surface area contributed by atoms with Crippen LogP contribution in [0.25, 0.3) is 16.7 Å². The van der Waals surface area contributed by atoms with Gasteiger partial charge in [0.05, 0.1) is 40.7 Å². The summed E-state index contributed by atoms with van der Waals surface area (Å²) in [4.78, 5) is 31.7. The zero-order valence-electron chi connectivity index (χ0n) is 26.4. The number of halogens is 7. The summed E-state index contributed by atoms with van der Waals surface area (Å²) in [6.45, 7) is 6.08. The highest BCUT2D eigenvalue weighted by Crippen LogP contribution is 2.41. The molecule has 2 aromatic carbocycles. The number of hydrogen-bond acceptors (Lipinski definition) is 4. The van der Waals surface area contributed by atoms with E-state index in [1.807, 2.05) is 6.08 Å². The van der Waals surface area contributed by atoms with Crippen molar-refractivity contribution >= 4 is 23.1 Å². The predicted molar refractivity (Wildman–Crippen MR) is 164 cm³/mol. The summed E-state index contributed by atoms with van der Waals surface area (Å²) in [6.07, 6.45) is -3.58. The van der Waals surface area contributed by atoms with Gasteiger partial charge in [0.25, 0.3) is 0 Å². The number of benzene rings is 2. The molecule has 0 bridgehead atoms. The summed E-state index contributed by atoms with van der Waals surface area (Å²) in [6, 6.07) is 6.84. The first-order chi connectivity index (χ1) is 21.8. The van der Waals surface area contributed by atoms with Crippen LogP contribution in [-0.2, 0) is 32.1 Å². The number of aromatic nitrogens is 1. The van der Waals surface area contributed by atoms with E-state index in [1.165, 1.54) is 51.4 Å². The number of carbonyl (C=O) groups is 2. The molecule has 0 saturated carbocycles. The summed E-state index contributed by atoms with van der Waals surface area (Å²) < 4.78 is 101. The van der Waals surface area contributed by atoms with Crippen LogP contribution in [-0.4, -0.2) is 30.5 Å². The average Bonchev–Trinajstić information content (AvgIpc) is 2.99. The Morgan fingerprint density at radius 3 is 2.11 bits per heavy atom. The van der Waals surface area contributed by atoms with Crippen LogP contribution in [0.5, 0.6) is 0 Å². The fourth-order valence-electron chi connectivity index (χ4n) is 5.51. The molecule has 1 aliphatic carbocycles. The van der Waals surface area contributed by atoms with Crippen molar-refractivity contribution in [1.29, 1.82) is 0 Å². The van der Waals surface area contributed by atoms with Gasteiger partial charge in [-0.25, -0.2) is 9.18 Å². The van der Waals surface area contributed by atoms with E-state index in [-0.39, 0.29) is 18.4 Å². The van der Waals surface area contributed by atoms with Gasteiger partial charge in [0.1, 0.15) is 5.82 Å². The Bertz CT molecular complexity index is 1720. The first-order valence-electron chi connectivity index (χ1n) is 14.8. The van der Waals surface area contributed by atoms with Crippen molar-refractivity contribution < 1.29 is 45.1 Å². The van der Waals surface area contributed by atoms with Crippen molar-refractivity contribution in [3.05, 3.63) is 100 Å². The summed E-state index contributed by atoms with van der Waals surface area (Å²) in [7, 11) is 1.35. The van der Waals surface area contributed by atoms with Gasteiger partial charge in [0.2, 0.25) is 5.91 Å². The van der Waals surface area contributed by atoms with Gasteiger partial charge in [-0.3, -0.25) is 9.78 Å². The van der Waals surface area contributed by atoms with Crippen LogP contribution in [0, 0.1) is 12.7 Å². The third-order valence-electron chi connectivity index (χ3n) is 8.06. The summed E-state index contributed by atoms with van der Waals surface area (Å²) >= 11 is 0. The largest absolute Gasteiger partial charge is 0.463 e. The topological polar surface area (TPSA) is 59.5 Å². The minimum Gasteiger partial charge on any atom is -0.463 e. The second kappa shape index (κ2) is 13.3. The molecule has 3 aromatic rings. The number of likely N-dealkylation sites (N-methyl/N-ethyl adjacent to an activating group) is 1. The number of aryl methyl sites for hydroxylation is 1. The van der Waals surface area contributed by atoms with Crippen molar-refractivity contribution in [1.82, 2.24) is 4.98 Å². The Labute approximate surface area is 267 Å². The molecule has 12 heteroatoms. The second-order valence-corrected chi connectivity index (χ2v) is 11.8. The Morgan fingerprint density at radius 1 is 0.915 bits per heavy atom. The number of nitrogens with zero attached hydrogens (tertiary/aromatic N) is 2. The highest BCUT2D eigenvalue weighted by Gasteiger charge is 2.41. The van der Waals surface area contributed by atoms with Crippen molar-refractivity contribution in [2.75, 3.05) is 18.6 Å². The minimum absolute atomic E-state index is 0.0130. The molecule has 0 unspecified atom stereocenters. The minimum atomic E-state index is -5.09. The molecule has 0 fully saturated rings. The Balaban J connectivity index is 1.83. The van der Waals surface area contributed by atoms with Gasteiger partial charge in [0, 0.05) is 18.7 Å². The number of pyridine rings is 1. The Morgan fingerprint density at radius 2 is 1.53 bits per heavy atom. The first kappa shape index (κ1) is 35.4. The highest BCUT2D eigenvalue weighted by atomic mass is 19.4. The molecule has 0 saturated heterocycles. The molecule has 0 radical (unpaired) electrons. The molecule has 4 rings (SSSR count). The number of ether oxygens (including phenoxy) is 1. The molecule has 0 aliphatic heterocycles. The van der Waals surface area contributed by atoms with Gasteiger partial charge >= 0.3 is 18.3 Å². The number of allylic oxidation sites excluding steroid dienone is 3. The smallest absolute Gasteiger partial charge is 0.416 e. The first-order valence-corrected chi connectivity index (χ1v) is 14.8. The van der Waals surface area contributed by atoms with Crippen LogP contribution in [0.4, 0.5) is 36.4 Å². The second-order valence-electron chi connectivity index (χ2n) is 11.8. The van der Waals surface area contributed by atoms with Gasteiger partial charge in [0.15, 0.2) is 0 Å². The molecular formula is C35H33F7N2O3. The maximum absolute atomic E-state index is 14.1. The highest BCUT2D eigenvalue weighted by molar-refractivity contribution is 6.03. The van der Waals surface area contributed by atoms with Crippen LogP contribution < -0.4 is 4.90 Å². The van der Waals surface area contributed by atoms with Gasteiger partial charge in [-0.2, -0.15) is 26.3 Å². The number of esters is 1. The van der Waals surface area contributed by atoms with E-state index in [1.54, 1.807) is 19.9 Å². The number of amides is 1. The molecule has 1 aliphatic rings.